The third-order valence-electron chi connectivity index (χ3n) is 1.73. The maximum Gasteiger partial charge on any atom is 0.109 e. The summed E-state index contributed by atoms with van der Waals surface area (Å²) in [6.45, 7) is 4.47. The number of nitrogens with one attached hydrogen (secondary N) is 1. The monoisotopic (exact) mass is 185 g/mol. The Labute approximate surface area is 79.8 Å². The highest BCUT2D eigenvalue weighted by Gasteiger charge is 2.08. The second-order valence-corrected chi connectivity index (χ2v) is 2.76. The van der Waals surface area contributed by atoms with Crippen molar-refractivity contribution < 1.29 is 10.2 Å². The molecule has 0 heterocycles. The number of aliphatic hydroxyl groups is 2. The first-order chi connectivity index (χ1) is 6.26. The molecule has 3 N–H and O–H groups in total. The van der Waals surface area contributed by atoms with E-state index >= 15 is 0 Å². The maximum absolute atomic E-state index is 9.53. The molecular weight excluding hydrogens is 166 g/mol. The van der Waals surface area contributed by atoms with Gasteiger partial charge in [-0.1, -0.05) is 19.1 Å². The van der Waals surface area contributed by atoms with E-state index in [-0.39, 0.29) is 12.6 Å². The molecule has 0 spiro atoms. The molecule has 13 heavy (non-hydrogen) atoms. The van der Waals surface area contributed by atoms with Gasteiger partial charge in [-0.15, -0.1) is 0 Å². The van der Waals surface area contributed by atoms with E-state index in [1.165, 1.54) is 0 Å². The minimum atomic E-state index is -0.0525. The van der Waals surface area contributed by atoms with E-state index in [0.29, 0.717) is 12.3 Å². The Hall–Kier alpha value is -0.800. The van der Waals surface area contributed by atoms with Gasteiger partial charge in [-0.3, -0.25) is 0 Å². The molecule has 0 bridgehead atoms. The summed E-state index contributed by atoms with van der Waals surface area (Å²) in [5, 5.41) is 21.1. The standard InChI is InChI=1S/C10H19NO2/c1-3-5-6-10(13)9(4-2)11-7-8-12/h3,5-6,9,11-13H,4,7-8H2,1-2H3/b5-3+,10-6-. The van der Waals surface area contributed by atoms with Crippen LogP contribution in [-0.2, 0) is 0 Å². The summed E-state index contributed by atoms with van der Waals surface area (Å²) in [6, 6.07) is -0.0525. The summed E-state index contributed by atoms with van der Waals surface area (Å²) in [7, 11) is 0. The van der Waals surface area contributed by atoms with Crippen molar-refractivity contribution in [2.75, 3.05) is 13.2 Å². The SMILES string of the molecule is C/C=C/C=C(\O)C(CC)NCCO. The lowest BCUT2D eigenvalue weighted by Gasteiger charge is -2.14. The molecule has 3 nitrogen and oxygen atoms in total. The van der Waals surface area contributed by atoms with Crippen LogP contribution in [0.4, 0.5) is 0 Å². The molecule has 0 radical (unpaired) electrons. The van der Waals surface area contributed by atoms with Crippen LogP contribution in [0.1, 0.15) is 20.3 Å². The molecule has 0 aliphatic heterocycles. The van der Waals surface area contributed by atoms with E-state index in [1.807, 2.05) is 19.9 Å². The van der Waals surface area contributed by atoms with Gasteiger partial charge in [0.25, 0.3) is 0 Å². The number of hydrogen-bond acceptors (Lipinski definition) is 3. The molecule has 0 aromatic rings. The van der Waals surface area contributed by atoms with Gasteiger partial charge < -0.3 is 15.5 Å². The van der Waals surface area contributed by atoms with E-state index in [1.54, 1.807) is 12.2 Å². The molecule has 0 aliphatic carbocycles. The third-order valence-corrected chi connectivity index (χ3v) is 1.73. The average molecular weight is 185 g/mol. The first-order valence-corrected chi connectivity index (χ1v) is 4.62. The average Bonchev–Trinajstić information content (AvgIpc) is 2.16. The van der Waals surface area contributed by atoms with Gasteiger partial charge in [0, 0.05) is 6.54 Å². The highest BCUT2D eigenvalue weighted by molar-refractivity contribution is 5.10. The van der Waals surface area contributed by atoms with E-state index in [2.05, 4.69) is 5.32 Å². The van der Waals surface area contributed by atoms with Crippen LogP contribution in [0.5, 0.6) is 0 Å². The minimum Gasteiger partial charge on any atom is -0.511 e. The Morgan fingerprint density at radius 2 is 2.23 bits per heavy atom. The number of allylic oxidation sites excluding steroid dienone is 3. The Kier molecular flexibility index (Phi) is 7.35. The van der Waals surface area contributed by atoms with Crippen LogP contribution in [0.2, 0.25) is 0 Å². The zero-order valence-corrected chi connectivity index (χ0v) is 8.33. The van der Waals surface area contributed by atoms with Crippen molar-refractivity contribution in [1.82, 2.24) is 5.32 Å². The van der Waals surface area contributed by atoms with Gasteiger partial charge in [-0.25, -0.2) is 0 Å². The Balaban J connectivity index is 4.05. The molecule has 76 valence electrons. The summed E-state index contributed by atoms with van der Waals surface area (Å²) in [5.41, 5.74) is 0. The Morgan fingerprint density at radius 1 is 1.54 bits per heavy atom. The maximum atomic E-state index is 9.53. The molecule has 0 saturated carbocycles. The largest absolute Gasteiger partial charge is 0.511 e. The summed E-state index contributed by atoms with van der Waals surface area (Å²) in [4.78, 5) is 0. The summed E-state index contributed by atoms with van der Waals surface area (Å²) in [5.74, 6) is 0.314. The van der Waals surface area contributed by atoms with Crippen LogP contribution in [0.3, 0.4) is 0 Å². The predicted octanol–water partition coefficient (Wildman–Crippen LogP) is 1.36. The fourth-order valence-electron chi connectivity index (χ4n) is 1.01. The molecular formula is C10H19NO2. The molecule has 0 aromatic heterocycles. The van der Waals surface area contributed by atoms with E-state index < -0.39 is 0 Å². The molecule has 0 fully saturated rings. The Bertz CT molecular complexity index is 176. The fraction of sp³-hybridized carbons (Fsp3) is 0.600. The van der Waals surface area contributed by atoms with Crippen molar-refractivity contribution in [3.8, 4) is 0 Å². The lowest BCUT2D eigenvalue weighted by atomic mass is 10.1. The molecule has 1 atom stereocenters. The number of rotatable bonds is 6. The lowest BCUT2D eigenvalue weighted by Crippen LogP contribution is -2.32. The van der Waals surface area contributed by atoms with Gasteiger partial charge >= 0.3 is 0 Å². The van der Waals surface area contributed by atoms with Gasteiger partial charge in [-0.2, -0.15) is 0 Å². The number of hydrogen-bond donors (Lipinski definition) is 3. The highest BCUT2D eigenvalue weighted by atomic mass is 16.3. The van der Waals surface area contributed by atoms with Crippen molar-refractivity contribution in [3.63, 3.8) is 0 Å². The summed E-state index contributed by atoms with van der Waals surface area (Å²) < 4.78 is 0. The summed E-state index contributed by atoms with van der Waals surface area (Å²) >= 11 is 0. The second kappa shape index (κ2) is 7.83. The van der Waals surface area contributed by atoms with Crippen molar-refractivity contribution >= 4 is 0 Å². The van der Waals surface area contributed by atoms with E-state index in [0.717, 1.165) is 6.42 Å². The van der Waals surface area contributed by atoms with Gasteiger partial charge in [0.2, 0.25) is 0 Å². The molecule has 0 rings (SSSR count). The minimum absolute atomic E-state index is 0.0525. The van der Waals surface area contributed by atoms with Crippen molar-refractivity contribution in [3.05, 3.63) is 24.0 Å². The summed E-state index contributed by atoms with van der Waals surface area (Å²) in [6.07, 6.45) is 6.12. The van der Waals surface area contributed by atoms with Gasteiger partial charge in [0.15, 0.2) is 0 Å². The predicted molar refractivity (Wildman–Crippen MR) is 54.7 cm³/mol. The van der Waals surface area contributed by atoms with Crippen LogP contribution in [0, 0.1) is 0 Å². The molecule has 0 aliphatic rings. The normalized spacial score (nSPS) is 15.2. The lowest BCUT2D eigenvalue weighted by molar-refractivity contribution is 0.271. The highest BCUT2D eigenvalue weighted by Crippen LogP contribution is 2.02. The third kappa shape index (κ3) is 5.44. The molecule has 0 amide bonds. The smallest absolute Gasteiger partial charge is 0.109 e. The van der Waals surface area contributed by atoms with Crippen molar-refractivity contribution in [1.29, 1.82) is 0 Å². The van der Waals surface area contributed by atoms with E-state index in [9.17, 15) is 5.11 Å². The van der Waals surface area contributed by atoms with Gasteiger partial charge in [0.05, 0.1) is 12.6 Å². The van der Waals surface area contributed by atoms with Crippen molar-refractivity contribution in [2.45, 2.75) is 26.3 Å². The van der Waals surface area contributed by atoms with Gasteiger partial charge in [-0.05, 0) is 19.4 Å². The number of aliphatic hydroxyl groups excluding tert-OH is 2. The zero-order chi connectivity index (χ0) is 10.1. The van der Waals surface area contributed by atoms with Gasteiger partial charge in [0.1, 0.15) is 5.76 Å². The second-order valence-electron chi connectivity index (χ2n) is 2.76. The quantitative estimate of drug-likeness (QED) is 0.432. The molecule has 1 unspecified atom stereocenters. The van der Waals surface area contributed by atoms with Crippen LogP contribution in [-0.4, -0.2) is 29.4 Å². The van der Waals surface area contributed by atoms with Crippen LogP contribution < -0.4 is 5.32 Å². The molecule has 3 heteroatoms. The van der Waals surface area contributed by atoms with E-state index in [4.69, 9.17) is 5.11 Å². The van der Waals surface area contributed by atoms with Crippen LogP contribution in [0.15, 0.2) is 24.0 Å². The van der Waals surface area contributed by atoms with Crippen molar-refractivity contribution in [2.24, 2.45) is 0 Å². The molecule has 0 saturated heterocycles. The first-order valence-electron chi connectivity index (χ1n) is 4.62. The zero-order valence-electron chi connectivity index (χ0n) is 8.33. The Morgan fingerprint density at radius 3 is 2.69 bits per heavy atom. The fourth-order valence-corrected chi connectivity index (χ4v) is 1.01. The molecule has 0 aromatic carbocycles. The van der Waals surface area contributed by atoms with Crippen LogP contribution in [0.25, 0.3) is 0 Å². The van der Waals surface area contributed by atoms with Crippen LogP contribution >= 0.6 is 0 Å². The topological polar surface area (TPSA) is 52.5 Å². The first kappa shape index (κ1) is 12.2.